The molecule has 0 aliphatic rings. The van der Waals surface area contributed by atoms with Crippen molar-refractivity contribution < 1.29 is 4.79 Å². The standard InChI is InChI=1S/C19H18ClN3O2/c20-15-9-7-14(8-10-15)12-21-18(24)6-3-11-23-13-22-17-5-2-1-4-16(17)19(23)25/h1-2,4-5,7-10,13H,3,6,11-12H2,(H,21,24). The van der Waals surface area contributed by atoms with Gasteiger partial charge in [0.05, 0.1) is 17.2 Å². The number of carbonyl (C=O) groups excluding carboxylic acids is 1. The first kappa shape index (κ1) is 17.2. The molecule has 0 saturated heterocycles. The Morgan fingerprint density at radius 2 is 1.88 bits per heavy atom. The molecule has 1 heterocycles. The molecule has 6 heteroatoms. The van der Waals surface area contributed by atoms with Crippen molar-refractivity contribution >= 4 is 28.4 Å². The van der Waals surface area contributed by atoms with Crippen molar-refractivity contribution in [1.29, 1.82) is 0 Å². The van der Waals surface area contributed by atoms with Gasteiger partial charge in [0.25, 0.3) is 5.56 Å². The number of fused-ring (bicyclic) bond motifs is 1. The molecule has 1 N–H and O–H groups in total. The Bertz CT molecular complexity index is 935. The predicted octanol–water partition coefficient (Wildman–Crippen LogP) is 3.15. The van der Waals surface area contributed by atoms with E-state index in [9.17, 15) is 9.59 Å². The second-order valence-corrected chi connectivity index (χ2v) is 6.20. The Hall–Kier alpha value is -2.66. The molecule has 3 aromatic rings. The Morgan fingerprint density at radius 1 is 1.12 bits per heavy atom. The Morgan fingerprint density at radius 3 is 2.68 bits per heavy atom. The van der Waals surface area contributed by atoms with Crippen LogP contribution in [0, 0.1) is 0 Å². The highest BCUT2D eigenvalue weighted by atomic mass is 35.5. The quantitative estimate of drug-likeness (QED) is 0.738. The van der Waals surface area contributed by atoms with Crippen molar-refractivity contribution in [3.8, 4) is 0 Å². The predicted molar refractivity (Wildman–Crippen MR) is 98.5 cm³/mol. The van der Waals surface area contributed by atoms with Crippen LogP contribution in [0.5, 0.6) is 0 Å². The summed E-state index contributed by atoms with van der Waals surface area (Å²) in [5.74, 6) is -0.0447. The second kappa shape index (κ2) is 7.94. The molecular weight excluding hydrogens is 338 g/mol. The van der Waals surface area contributed by atoms with Gasteiger partial charge in [-0.3, -0.25) is 14.2 Å². The zero-order valence-corrected chi connectivity index (χ0v) is 14.4. The van der Waals surface area contributed by atoms with Gasteiger partial charge in [-0.1, -0.05) is 35.9 Å². The van der Waals surface area contributed by atoms with E-state index in [1.165, 1.54) is 6.33 Å². The lowest BCUT2D eigenvalue weighted by Crippen LogP contribution is -2.24. The number of nitrogens with zero attached hydrogens (tertiary/aromatic N) is 2. The van der Waals surface area contributed by atoms with Crippen molar-refractivity contribution in [1.82, 2.24) is 14.9 Å². The number of halogens is 1. The van der Waals surface area contributed by atoms with E-state index in [2.05, 4.69) is 10.3 Å². The highest BCUT2D eigenvalue weighted by Crippen LogP contribution is 2.09. The largest absolute Gasteiger partial charge is 0.352 e. The Labute approximate surface area is 150 Å². The molecule has 0 saturated carbocycles. The Balaban J connectivity index is 1.51. The number of carbonyl (C=O) groups is 1. The monoisotopic (exact) mass is 355 g/mol. The van der Waals surface area contributed by atoms with Gasteiger partial charge in [-0.2, -0.15) is 0 Å². The molecule has 0 unspecified atom stereocenters. The van der Waals surface area contributed by atoms with Gasteiger partial charge in [-0.25, -0.2) is 4.98 Å². The molecule has 0 atom stereocenters. The number of aryl methyl sites for hydroxylation is 1. The van der Waals surface area contributed by atoms with Crippen molar-refractivity contribution in [2.24, 2.45) is 0 Å². The zero-order chi connectivity index (χ0) is 17.6. The number of amides is 1. The number of aromatic nitrogens is 2. The molecule has 1 aromatic heterocycles. The molecule has 0 spiro atoms. The molecule has 5 nitrogen and oxygen atoms in total. The van der Waals surface area contributed by atoms with E-state index < -0.39 is 0 Å². The smallest absolute Gasteiger partial charge is 0.261 e. The number of para-hydroxylation sites is 1. The third-order valence-electron chi connectivity index (χ3n) is 3.94. The van der Waals surface area contributed by atoms with E-state index in [0.717, 1.165) is 5.56 Å². The minimum Gasteiger partial charge on any atom is -0.352 e. The summed E-state index contributed by atoms with van der Waals surface area (Å²) in [5.41, 5.74) is 1.60. The van der Waals surface area contributed by atoms with Gasteiger partial charge in [0.15, 0.2) is 0 Å². The van der Waals surface area contributed by atoms with Gasteiger partial charge in [0.1, 0.15) is 0 Å². The van der Waals surface area contributed by atoms with Gasteiger partial charge < -0.3 is 5.32 Å². The van der Waals surface area contributed by atoms with Crippen LogP contribution in [0.4, 0.5) is 0 Å². The molecule has 0 radical (unpaired) electrons. The number of hydrogen-bond donors (Lipinski definition) is 1. The van der Waals surface area contributed by atoms with E-state index in [1.54, 1.807) is 22.8 Å². The summed E-state index contributed by atoms with van der Waals surface area (Å²) in [7, 11) is 0. The molecule has 2 aromatic carbocycles. The second-order valence-electron chi connectivity index (χ2n) is 5.77. The summed E-state index contributed by atoms with van der Waals surface area (Å²) >= 11 is 5.83. The minimum absolute atomic E-state index is 0.0447. The number of hydrogen-bond acceptors (Lipinski definition) is 3. The molecule has 0 bridgehead atoms. The lowest BCUT2D eigenvalue weighted by Gasteiger charge is -2.08. The number of benzene rings is 2. The van der Waals surface area contributed by atoms with Crippen LogP contribution in [-0.2, 0) is 17.9 Å². The topological polar surface area (TPSA) is 64.0 Å². The average Bonchev–Trinajstić information content (AvgIpc) is 2.63. The number of rotatable bonds is 6. The summed E-state index contributed by atoms with van der Waals surface area (Å²) in [6.45, 7) is 0.929. The van der Waals surface area contributed by atoms with Crippen LogP contribution in [0.15, 0.2) is 59.7 Å². The van der Waals surface area contributed by atoms with Crippen LogP contribution in [-0.4, -0.2) is 15.5 Å². The molecule has 0 fully saturated rings. The van der Waals surface area contributed by atoms with E-state index in [1.807, 2.05) is 30.3 Å². The summed E-state index contributed by atoms with van der Waals surface area (Å²) in [5, 5.41) is 4.13. The van der Waals surface area contributed by atoms with E-state index in [-0.39, 0.29) is 11.5 Å². The maximum atomic E-state index is 12.4. The lowest BCUT2D eigenvalue weighted by atomic mass is 10.2. The first-order chi connectivity index (χ1) is 12.1. The van der Waals surface area contributed by atoms with Gasteiger partial charge in [-0.15, -0.1) is 0 Å². The first-order valence-electron chi connectivity index (χ1n) is 8.09. The van der Waals surface area contributed by atoms with E-state index in [0.29, 0.717) is 41.9 Å². The molecule has 128 valence electrons. The van der Waals surface area contributed by atoms with Crippen molar-refractivity contribution in [3.63, 3.8) is 0 Å². The zero-order valence-electron chi connectivity index (χ0n) is 13.6. The fourth-order valence-corrected chi connectivity index (χ4v) is 2.69. The minimum atomic E-state index is -0.0767. The van der Waals surface area contributed by atoms with Crippen LogP contribution < -0.4 is 10.9 Å². The first-order valence-corrected chi connectivity index (χ1v) is 8.46. The van der Waals surface area contributed by atoms with Crippen molar-refractivity contribution in [2.75, 3.05) is 0 Å². The highest BCUT2D eigenvalue weighted by Gasteiger charge is 2.05. The third kappa shape index (κ3) is 4.45. The summed E-state index contributed by atoms with van der Waals surface area (Å²) in [4.78, 5) is 28.6. The molecule has 3 rings (SSSR count). The normalized spacial score (nSPS) is 10.8. The maximum absolute atomic E-state index is 12.4. The van der Waals surface area contributed by atoms with Crippen LogP contribution in [0.25, 0.3) is 10.9 Å². The van der Waals surface area contributed by atoms with Crippen LogP contribution in [0.2, 0.25) is 5.02 Å². The van der Waals surface area contributed by atoms with E-state index in [4.69, 9.17) is 11.6 Å². The summed E-state index contributed by atoms with van der Waals surface area (Å²) in [6.07, 6.45) is 2.47. The van der Waals surface area contributed by atoms with Crippen LogP contribution in [0.3, 0.4) is 0 Å². The van der Waals surface area contributed by atoms with Crippen molar-refractivity contribution in [3.05, 3.63) is 75.8 Å². The summed E-state index contributed by atoms with van der Waals surface area (Å²) in [6, 6.07) is 14.6. The van der Waals surface area contributed by atoms with Crippen LogP contribution >= 0.6 is 11.6 Å². The Kier molecular flexibility index (Phi) is 5.46. The van der Waals surface area contributed by atoms with Gasteiger partial charge in [0.2, 0.25) is 5.91 Å². The van der Waals surface area contributed by atoms with E-state index >= 15 is 0 Å². The maximum Gasteiger partial charge on any atom is 0.261 e. The lowest BCUT2D eigenvalue weighted by molar-refractivity contribution is -0.121. The molecular formula is C19H18ClN3O2. The fraction of sp³-hybridized carbons (Fsp3) is 0.211. The molecule has 1 amide bonds. The molecule has 0 aliphatic heterocycles. The average molecular weight is 356 g/mol. The van der Waals surface area contributed by atoms with Gasteiger partial charge in [0, 0.05) is 24.5 Å². The van der Waals surface area contributed by atoms with Crippen molar-refractivity contribution in [2.45, 2.75) is 25.9 Å². The van der Waals surface area contributed by atoms with Crippen LogP contribution in [0.1, 0.15) is 18.4 Å². The SMILES string of the molecule is O=C(CCCn1cnc2ccccc2c1=O)NCc1ccc(Cl)cc1. The highest BCUT2D eigenvalue weighted by molar-refractivity contribution is 6.30. The number of nitrogens with one attached hydrogen (secondary N) is 1. The summed E-state index contributed by atoms with van der Waals surface area (Å²) < 4.78 is 1.55. The molecule has 25 heavy (non-hydrogen) atoms. The molecule has 0 aliphatic carbocycles. The van der Waals surface area contributed by atoms with Gasteiger partial charge >= 0.3 is 0 Å². The third-order valence-corrected chi connectivity index (χ3v) is 4.19. The van der Waals surface area contributed by atoms with Gasteiger partial charge in [-0.05, 0) is 36.2 Å². The fourth-order valence-electron chi connectivity index (χ4n) is 2.57.